The first kappa shape index (κ1) is 25.5. The van der Waals surface area contributed by atoms with E-state index in [4.69, 9.17) is 44.3 Å². The van der Waals surface area contributed by atoms with E-state index in [9.17, 15) is 0 Å². The maximum Gasteiger partial charge on any atom is 0.180 e. The molecule has 1 aliphatic heterocycles. The molecule has 4 rings (SSSR count). The van der Waals surface area contributed by atoms with Crippen LogP contribution in [0, 0.1) is 6.92 Å². The molecule has 2 nitrogen and oxygen atoms in total. The van der Waals surface area contributed by atoms with Crippen LogP contribution in [0.2, 0.25) is 0 Å². The molecule has 0 spiro atoms. The first-order valence-corrected chi connectivity index (χ1v) is 13.4. The normalized spacial score (nSPS) is 14.9. The Balaban J connectivity index is 0.000000668. The van der Waals surface area contributed by atoms with E-state index >= 15 is 0 Å². The predicted octanol–water partition coefficient (Wildman–Crippen LogP) is 8.85. The van der Waals surface area contributed by atoms with Gasteiger partial charge in [-0.25, -0.2) is 0 Å². The van der Waals surface area contributed by atoms with Gasteiger partial charge in [0.05, 0.1) is 7.11 Å². The van der Waals surface area contributed by atoms with Crippen LogP contribution in [0.5, 0.6) is 17.2 Å². The summed E-state index contributed by atoms with van der Waals surface area (Å²) in [7, 11) is 1.67. The first-order valence-electron chi connectivity index (χ1n) is 10.1. The summed E-state index contributed by atoms with van der Waals surface area (Å²) in [4.78, 5) is 0. The number of hydrogen-bond acceptors (Lipinski definition) is 4. The Hall–Kier alpha value is -1.17. The van der Waals surface area contributed by atoms with Crippen LogP contribution in [0.3, 0.4) is 0 Å². The molecule has 0 unspecified atom stereocenters. The number of benzene rings is 3. The number of rotatable bonds is 5. The average Bonchev–Trinajstić information content (AvgIpc) is 2.81. The van der Waals surface area contributed by atoms with Crippen LogP contribution in [-0.2, 0) is 4.08 Å². The second kappa shape index (κ2) is 12.3. The van der Waals surface area contributed by atoms with Crippen LogP contribution in [0.4, 0.5) is 0 Å². The fraction of sp³-hybridized carbons (Fsp3) is 0.280. The molecule has 3 aromatic rings. The Labute approximate surface area is 213 Å². The van der Waals surface area contributed by atoms with Gasteiger partial charge in [0.1, 0.15) is 21.3 Å². The van der Waals surface area contributed by atoms with Gasteiger partial charge in [0.25, 0.3) is 0 Å². The minimum Gasteiger partial charge on any atom is -0.497 e. The summed E-state index contributed by atoms with van der Waals surface area (Å²) >= 11 is 18.5. The third-order valence-electron chi connectivity index (χ3n) is 4.86. The number of methoxy groups -OCH3 is 1. The summed E-state index contributed by atoms with van der Waals surface area (Å²) in [6, 6.07) is 25.2. The SMILES string of the molecule is COc1ccc(Oc2ccc(C3(c4ccc(C)cc4)SCCCS3)cc2)cc1.ClC(Cl)Cl. The molecule has 1 fully saturated rings. The molecule has 1 saturated heterocycles. The van der Waals surface area contributed by atoms with Crippen LogP contribution in [0.25, 0.3) is 0 Å². The Morgan fingerprint density at radius 2 is 1.12 bits per heavy atom. The zero-order chi connectivity index (χ0) is 23.0. The van der Waals surface area contributed by atoms with Gasteiger partial charge in [-0.2, -0.15) is 0 Å². The number of aryl methyl sites for hydroxylation is 1. The van der Waals surface area contributed by atoms with E-state index in [-0.39, 0.29) is 4.08 Å². The van der Waals surface area contributed by atoms with E-state index in [0.29, 0.717) is 0 Å². The topological polar surface area (TPSA) is 18.5 Å². The maximum atomic E-state index is 6.01. The van der Waals surface area contributed by atoms with Crippen molar-refractivity contribution in [1.29, 1.82) is 0 Å². The molecule has 7 heteroatoms. The van der Waals surface area contributed by atoms with Gasteiger partial charge in [0.15, 0.2) is 4.30 Å². The summed E-state index contributed by atoms with van der Waals surface area (Å²) < 4.78 is 10.4. The second-order valence-electron chi connectivity index (χ2n) is 7.08. The molecule has 0 atom stereocenters. The molecule has 0 radical (unpaired) electrons. The zero-order valence-electron chi connectivity index (χ0n) is 17.9. The van der Waals surface area contributed by atoms with Crippen molar-refractivity contribution in [2.24, 2.45) is 0 Å². The molecule has 0 amide bonds. The van der Waals surface area contributed by atoms with Crippen LogP contribution in [0.15, 0.2) is 72.8 Å². The minimum absolute atomic E-state index is 0.0371. The van der Waals surface area contributed by atoms with Crippen LogP contribution >= 0.6 is 58.3 Å². The lowest BCUT2D eigenvalue weighted by Crippen LogP contribution is -2.24. The van der Waals surface area contributed by atoms with E-state index in [0.717, 1.165) is 17.2 Å². The Morgan fingerprint density at radius 1 is 0.719 bits per heavy atom. The number of thioether (sulfide) groups is 2. The molecular weight excluding hydrogens is 503 g/mol. The molecule has 3 aromatic carbocycles. The summed E-state index contributed by atoms with van der Waals surface area (Å²) in [5.41, 5.74) is 4.00. The van der Waals surface area contributed by atoms with E-state index < -0.39 is 4.30 Å². The quantitative estimate of drug-likeness (QED) is 0.308. The lowest BCUT2D eigenvalue weighted by Gasteiger charge is -2.37. The van der Waals surface area contributed by atoms with Crippen molar-refractivity contribution in [3.63, 3.8) is 0 Å². The Morgan fingerprint density at radius 3 is 1.59 bits per heavy atom. The van der Waals surface area contributed by atoms with Crippen molar-refractivity contribution in [3.05, 3.63) is 89.5 Å². The van der Waals surface area contributed by atoms with Crippen molar-refractivity contribution in [2.75, 3.05) is 18.6 Å². The number of halogens is 3. The summed E-state index contributed by atoms with van der Waals surface area (Å²) in [6.45, 7) is 2.14. The molecule has 1 heterocycles. The summed E-state index contributed by atoms with van der Waals surface area (Å²) in [5, 5.41) is 0. The fourth-order valence-corrected chi connectivity index (χ4v) is 6.71. The lowest BCUT2D eigenvalue weighted by atomic mass is 10.0. The van der Waals surface area contributed by atoms with Crippen LogP contribution < -0.4 is 9.47 Å². The highest BCUT2D eigenvalue weighted by Gasteiger charge is 2.37. The monoisotopic (exact) mass is 526 g/mol. The van der Waals surface area contributed by atoms with Crippen molar-refractivity contribution in [3.8, 4) is 17.2 Å². The molecule has 0 aromatic heterocycles. The Kier molecular flexibility index (Phi) is 9.81. The third kappa shape index (κ3) is 6.91. The molecule has 170 valence electrons. The molecule has 0 saturated carbocycles. The lowest BCUT2D eigenvalue weighted by molar-refractivity contribution is 0.413. The maximum absolute atomic E-state index is 6.01. The second-order valence-corrected chi connectivity index (χ2v) is 11.9. The molecule has 0 aliphatic carbocycles. The van der Waals surface area contributed by atoms with Gasteiger partial charge in [0.2, 0.25) is 0 Å². The van der Waals surface area contributed by atoms with Gasteiger partial charge in [-0.3, -0.25) is 0 Å². The molecule has 0 N–H and O–H groups in total. The van der Waals surface area contributed by atoms with Crippen molar-refractivity contribution in [2.45, 2.75) is 21.7 Å². The minimum atomic E-state index is -0.750. The summed E-state index contributed by atoms with van der Waals surface area (Å²) in [5.74, 6) is 4.85. The van der Waals surface area contributed by atoms with Gasteiger partial charge in [-0.15, -0.1) is 23.5 Å². The molecular formula is C25H25Cl3O2S2. The summed E-state index contributed by atoms with van der Waals surface area (Å²) in [6.07, 6.45) is 1.27. The van der Waals surface area contributed by atoms with Gasteiger partial charge in [0, 0.05) is 0 Å². The molecule has 0 bridgehead atoms. The highest BCUT2D eigenvalue weighted by atomic mass is 35.6. The van der Waals surface area contributed by atoms with Crippen molar-refractivity contribution in [1.82, 2.24) is 0 Å². The Bertz CT molecular complexity index is 953. The zero-order valence-corrected chi connectivity index (χ0v) is 21.8. The van der Waals surface area contributed by atoms with Crippen LogP contribution in [0.1, 0.15) is 23.1 Å². The van der Waals surface area contributed by atoms with Crippen molar-refractivity contribution < 1.29 is 9.47 Å². The largest absolute Gasteiger partial charge is 0.497 e. The van der Waals surface area contributed by atoms with Gasteiger partial charge >= 0.3 is 0 Å². The average molecular weight is 528 g/mol. The predicted molar refractivity (Wildman–Crippen MR) is 142 cm³/mol. The van der Waals surface area contributed by atoms with Gasteiger partial charge in [-0.05, 0) is 72.4 Å². The number of ether oxygens (including phenoxy) is 2. The standard InChI is InChI=1S/C24H24O2S2.CHCl3/c1-18-4-6-19(7-5-18)24(27-16-3-17-28-24)20-8-10-22(11-9-20)26-23-14-12-21(25-2)13-15-23;2-1(3)4/h4-15H,3,16-17H2,1-2H3;1H. The van der Waals surface area contributed by atoms with E-state index in [1.165, 1.54) is 34.6 Å². The van der Waals surface area contributed by atoms with Crippen molar-refractivity contribution >= 4 is 58.3 Å². The number of alkyl halides is 3. The van der Waals surface area contributed by atoms with E-state index in [1.807, 2.05) is 47.8 Å². The van der Waals surface area contributed by atoms with Gasteiger partial charge < -0.3 is 9.47 Å². The fourth-order valence-electron chi connectivity index (χ4n) is 3.33. The van der Waals surface area contributed by atoms with E-state index in [1.54, 1.807) is 7.11 Å². The molecule has 1 aliphatic rings. The van der Waals surface area contributed by atoms with E-state index in [2.05, 4.69) is 55.5 Å². The molecule has 32 heavy (non-hydrogen) atoms. The highest BCUT2D eigenvalue weighted by Crippen LogP contribution is 2.55. The highest BCUT2D eigenvalue weighted by molar-refractivity contribution is 8.18. The first-order chi connectivity index (χ1) is 15.4. The third-order valence-corrected chi connectivity index (χ3v) is 8.31. The smallest absolute Gasteiger partial charge is 0.180 e. The van der Waals surface area contributed by atoms with Gasteiger partial charge in [-0.1, -0.05) is 76.8 Å². The number of hydrogen-bond donors (Lipinski definition) is 0. The van der Waals surface area contributed by atoms with Crippen LogP contribution in [-0.4, -0.2) is 22.9 Å².